The van der Waals surface area contributed by atoms with Gasteiger partial charge in [0.25, 0.3) is 5.91 Å². The van der Waals surface area contributed by atoms with E-state index >= 15 is 0 Å². The van der Waals surface area contributed by atoms with Gasteiger partial charge in [0.1, 0.15) is 0 Å². The van der Waals surface area contributed by atoms with E-state index in [4.69, 9.17) is 11.5 Å². The second kappa shape index (κ2) is 12.7. The smallest absolute Gasteiger partial charge is 0.253 e. The van der Waals surface area contributed by atoms with E-state index in [1.54, 1.807) is 7.05 Å². The van der Waals surface area contributed by atoms with Crippen LogP contribution in [-0.2, 0) is 34.0 Å². The van der Waals surface area contributed by atoms with Crippen molar-refractivity contribution in [1.82, 2.24) is 9.88 Å². The van der Waals surface area contributed by atoms with Crippen molar-refractivity contribution in [2.24, 2.45) is 16.5 Å². The van der Waals surface area contributed by atoms with E-state index in [0.717, 1.165) is 22.4 Å². The zero-order valence-corrected chi connectivity index (χ0v) is 23.0. The Bertz CT molecular complexity index is 1380. The van der Waals surface area contributed by atoms with Crippen molar-refractivity contribution in [3.8, 4) is 0 Å². The van der Waals surface area contributed by atoms with Crippen LogP contribution in [0.3, 0.4) is 0 Å². The van der Waals surface area contributed by atoms with Crippen LogP contribution < -0.4 is 16.8 Å². The summed E-state index contributed by atoms with van der Waals surface area (Å²) in [4.78, 5) is 35.6. The molecule has 0 saturated carbocycles. The van der Waals surface area contributed by atoms with Gasteiger partial charge in [0.2, 0.25) is 5.91 Å². The first kappa shape index (κ1) is 29.7. The summed E-state index contributed by atoms with van der Waals surface area (Å²) in [6.45, 7) is 1.69. The Balaban J connectivity index is 0.00000481. The minimum Gasteiger partial charge on any atom is -0.370 e. The highest BCUT2D eigenvalue weighted by Crippen LogP contribution is 2.26. The average molecular weight is 565 g/mol. The SMILES string of the molecule is CC(=O)Nc1nc(CCc2ccc(N=C(N)N)cc2)c(CN(C)C(=O)c2ccc(S(C)(=O)=O)cc2)s1.Cl. The van der Waals surface area contributed by atoms with Crippen LogP contribution in [0.4, 0.5) is 10.8 Å². The maximum Gasteiger partial charge on any atom is 0.253 e. The zero-order chi connectivity index (χ0) is 26.5. The number of nitrogens with one attached hydrogen (secondary N) is 1. The van der Waals surface area contributed by atoms with E-state index < -0.39 is 9.84 Å². The molecule has 0 aliphatic rings. The van der Waals surface area contributed by atoms with E-state index in [2.05, 4.69) is 15.3 Å². The molecular weight excluding hydrogens is 536 g/mol. The van der Waals surface area contributed by atoms with Crippen molar-refractivity contribution < 1.29 is 18.0 Å². The summed E-state index contributed by atoms with van der Waals surface area (Å²) in [6, 6.07) is 13.3. The van der Waals surface area contributed by atoms with Crippen LogP contribution >= 0.6 is 23.7 Å². The molecule has 0 fully saturated rings. The van der Waals surface area contributed by atoms with E-state index in [1.165, 1.54) is 47.4 Å². The molecule has 37 heavy (non-hydrogen) atoms. The summed E-state index contributed by atoms with van der Waals surface area (Å²) in [5.41, 5.74) is 13.7. The molecule has 2 aromatic carbocycles. The van der Waals surface area contributed by atoms with Gasteiger partial charge >= 0.3 is 0 Å². The third-order valence-corrected chi connectivity index (χ3v) is 7.29. The number of hydrogen-bond acceptors (Lipinski definition) is 7. The first-order valence-corrected chi connectivity index (χ1v) is 13.6. The van der Waals surface area contributed by atoms with Crippen LogP contribution in [0.1, 0.15) is 33.4 Å². The van der Waals surface area contributed by atoms with Crippen molar-refractivity contribution in [3.05, 3.63) is 70.2 Å². The number of sulfone groups is 1. The highest BCUT2D eigenvalue weighted by atomic mass is 35.5. The Morgan fingerprint density at radius 2 is 1.68 bits per heavy atom. The highest BCUT2D eigenvalue weighted by molar-refractivity contribution is 7.90. The van der Waals surface area contributed by atoms with Gasteiger partial charge in [-0.15, -0.1) is 12.4 Å². The number of aliphatic imine (C=N–C) groups is 1. The summed E-state index contributed by atoms with van der Waals surface area (Å²) in [7, 11) is -1.68. The van der Waals surface area contributed by atoms with Crippen LogP contribution in [0.25, 0.3) is 0 Å². The van der Waals surface area contributed by atoms with Gasteiger partial charge in [0, 0.05) is 30.7 Å². The normalized spacial score (nSPS) is 10.8. The lowest BCUT2D eigenvalue weighted by Crippen LogP contribution is -2.26. The summed E-state index contributed by atoms with van der Waals surface area (Å²) < 4.78 is 23.4. The summed E-state index contributed by atoms with van der Waals surface area (Å²) >= 11 is 1.32. The maximum atomic E-state index is 13.0. The van der Waals surface area contributed by atoms with Crippen LogP contribution in [-0.4, -0.2) is 49.4 Å². The summed E-state index contributed by atoms with van der Waals surface area (Å²) in [5, 5.41) is 3.18. The molecule has 2 amide bonds. The lowest BCUT2D eigenvalue weighted by atomic mass is 10.1. The molecule has 3 rings (SSSR count). The van der Waals surface area contributed by atoms with Gasteiger partial charge in [0.05, 0.1) is 22.8 Å². The number of amides is 2. The quantitative estimate of drug-likeness (QED) is 0.266. The van der Waals surface area contributed by atoms with Crippen LogP contribution in [0, 0.1) is 0 Å². The number of carbonyl (C=O) groups excluding carboxylic acids is 2. The Kier molecular flexibility index (Phi) is 10.2. The number of aromatic nitrogens is 1. The number of benzene rings is 2. The van der Waals surface area contributed by atoms with Gasteiger partial charge in [0.15, 0.2) is 20.9 Å². The van der Waals surface area contributed by atoms with Crippen molar-refractivity contribution in [2.75, 3.05) is 18.6 Å². The number of nitrogens with zero attached hydrogens (tertiary/aromatic N) is 3. The fraction of sp³-hybridized carbons (Fsp3) is 0.250. The molecule has 5 N–H and O–H groups in total. The fourth-order valence-corrected chi connectivity index (χ4v) is 5.15. The van der Waals surface area contributed by atoms with Gasteiger partial charge in [-0.3, -0.25) is 9.59 Å². The van der Waals surface area contributed by atoms with E-state index in [-0.39, 0.29) is 41.6 Å². The number of hydrogen-bond donors (Lipinski definition) is 3. The van der Waals surface area contributed by atoms with E-state index in [9.17, 15) is 18.0 Å². The van der Waals surface area contributed by atoms with Gasteiger partial charge < -0.3 is 21.7 Å². The predicted octanol–water partition coefficient (Wildman–Crippen LogP) is 2.89. The Morgan fingerprint density at radius 3 is 2.22 bits per heavy atom. The minimum atomic E-state index is -3.35. The van der Waals surface area contributed by atoms with Crippen LogP contribution in [0.15, 0.2) is 58.4 Å². The standard InChI is InChI=1S/C24H28N6O4S2.ClH/c1-15(31)27-24-29-20(13-6-16-4-9-18(10-5-16)28-23(25)26)21(35-24)14-30(2)22(32)17-7-11-19(12-8-17)36(3,33)34;/h4-5,7-12H,6,13-14H2,1-3H3,(H4,25,26,28)(H,27,29,31);1H. The molecule has 0 spiro atoms. The van der Waals surface area contributed by atoms with Gasteiger partial charge in [-0.2, -0.15) is 0 Å². The molecule has 0 bridgehead atoms. The third-order valence-electron chi connectivity index (χ3n) is 5.16. The molecule has 0 aliphatic heterocycles. The number of aryl methyl sites for hydroxylation is 2. The molecular formula is C24H29ClN6O4S2. The topological polar surface area (TPSA) is 161 Å². The summed E-state index contributed by atoms with van der Waals surface area (Å²) in [5.74, 6) is -0.497. The molecule has 0 radical (unpaired) electrons. The first-order chi connectivity index (χ1) is 16.9. The Hall–Kier alpha value is -3.48. The average Bonchev–Trinajstić information content (AvgIpc) is 3.17. The molecule has 3 aromatic rings. The lowest BCUT2D eigenvalue weighted by Gasteiger charge is -2.17. The molecule has 13 heteroatoms. The van der Waals surface area contributed by atoms with Crippen LogP contribution in [0.5, 0.6) is 0 Å². The monoisotopic (exact) mass is 564 g/mol. The third kappa shape index (κ3) is 8.55. The van der Waals surface area contributed by atoms with Gasteiger partial charge in [-0.1, -0.05) is 23.5 Å². The van der Waals surface area contributed by atoms with Crippen LogP contribution in [0.2, 0.25) is 0 Å². The summed E-state index contributed by atoms with van der Waals surface area (Å²) in [6.07, 6.45) is 2.40. The van der Waals surface area contributed by atoms with Crippen molar-refractivity contribution in [2.45, 2.75) is 31.2 Å². The number of nitrogens with two attached hydrogens (primary N) is 2. The number of rotatable bonds is 9. The molecule has 0 unspecified atom stereocenters. The number of guanidine groups is 1. The molecule has 10 nitrogen and oxygen atoms in total. The predicted molar refractivity (Wildman–Crippen MR) is 148 cm³/mol. The highest BCUT2D eigenvalue weighted by Gasteiger charge is 2.19. The van der Waals surface area contributed by atoms with E-state index in [1.807, 2.05) is 24.3 Å². The second-order valence-corrected chi connectivity index (χ2v) is 11.3. The molecule has 1 aromatic heterocycles. The number of carbonyl (C=O) groups is 2. The van der Waals surface area contributed by atoms with Gasteiger partial charge in [-0.25, -0.2) is 18.4 Å². The minimum absolute atomic E-state index is 0. The molecule has 198 valence electrons. The second-order valence-electron chi connectivity index (χ2n) is 8.23. The molecule has 0 atom stereocenters. The Labute approximate surface area is 226 Å². The maximum absolute atomic E-state index is 13.0. The number of thiazole rings is 1. The van der Waals surface area contributed by atoms with Crippen molar-refractivity contribution >= 4 is 62.2 Å². The fourth-order valence-electron chi connectivity index (χ4n) is 3.41. The Morgan fingerprint density at radius 1 is 1.05 bits per heavy atom. The molecule has 1 heterocycles. The van der Waals surface area contributed by atoms with E-state index in [0.29, 0.717) is 29.2 Å². The van der Waals surface area contributed by atoms with Crippen molar-refractivity contribution in [1.29, 1.82) is 0 Å². The largest absolute Gasteiger partial charge is 0.370 e. The first-order valence-electron chi connectivity index (χ1n) is 10.9. The lowest BCUT2D eigenvalue weighted by molar-refractivity contribution is -0.114. The van der Waals surface area contributed by atoms with Gasteiger partial charge in [-0.05, 0) is 54.8 Å². The number of anilines is 1. The zero-order valence-electron chi connectivity index (χ0n) is 20.6. The number of halogens is 1. The molecule has 0 saturated heterocycles. The van der Waals surface area contributed by atoms with Crippen molar-refractivity contribution in [3.63, 3.8) is 0 Å². The molecule has 0 aliphatic carbocycles.